The van der Waals surface area contributed by atoms with Gasteiger partial charge >= 0.3 is 0 Å². The summed E-state index contributed by atoms with van der Waals surface area (Å²) in [5.74, 6) is 1.34. The van der Waals surface area contributed by atoms with E-state index in [9.17, 15) is 13.2 Å². The molecule has 2 aromatic rings. The summed E-state index contributed by atoms with van der Waals surface area (Å²) < 4.78 is 32.9. The number of pyridine rings is 1. The number of nitrogens with zero attached hydrogens (tertiary/aromatic N) is 5. The molecule has 1 aliphatic rings. The molecule has 0 N–H and O–H groups in total. The molecule has 0 aliphatic carbocycles. The van der Waals surface area contributed by atoms with Crippen LogP contribution in [0.1, 0.15) is 30.4 Å². The van der Waals surface area contributed by atoms with Gasteiger partial charge in [-0.1, -0.05) is 0 Å². The Balaban J connectivity index is 1.60. The van der Waals surface area contributed by atoms with Crippen molar-refractivity contribution in [2.24, 2.45) is 0 Å². The second kappa shape index (κ2) is 11.6. The molecule has 1 fully saturated rings. The van der Waals surface area contributed by atoms with E-state index in [1.807, 2.05) is 12.1 Å². The van der Waals surface area contributed by atoms with Crippen LogP contribution < -0.4 is 14.5 Å². The first-order chi connectivity index (χ1) is 16.9. The number of rotatable bonds is 9. The molecule has 1 saturated heterocycles. The third kappa shape index (κ3) is 6.16. The van der Waals surface area contributed by atoms with Crippen LogP contribution in [0.2, 0.25) is 0 Å². The zero-order valence-corrected chi connectivity index (χ0v) is 23.3. The standard InChI is InChI=1S/C26H39N5O4S/c1-19-16-23(35-7)17-20(2)26(19)36(33,34)29(5)13-12-25(32)30(6)22-8-9-24(27-18-22)31-14-10-21(11-15-31)28(3)4/h8-9,16-18,21H,10-15H2,1-7H3. The van der Waals surface area contributed by atoms with Gasteiger partial charge in [-0.25, -0.2) is 17.7 Å². The number of carbonyl (C=O) groups excluding carboxylic acids is 1. The minimum Gasteiger partial charge on any atom is -0.497 e. The Morgan fingerprint density at radius 3 is 2.19 bits per heavy atom. The number of ether oxygens (including phenoxy) is 1. The van der Waals surface area contributed by atoms with Gasteiger partial charge in [-0.2, -0.15) is 0 Å². The fourth-order valence-corrected chi connectivity index (χ4v) is 6.23. The van der Waals surface area contributed by atoms with Crippen molar-refractivity contribution in [2.45, 2.75) is 44.0 Å². The van der Waals surface area contributed by atoms with Crippen molar-refractivity contribution in [1.82, 2.24) is 14.2 Å². The predicted molar refractivity (Wildman–Crippen MR) is 143 cm³/mol. The maximum atomic E-state index is 13.2. The van der Waals surface area contributed by atoms with Crippen LogP contribution in [0.3, 0.4) is 0 Å². The van der Waals surface area contributed by atoms with Gasteiger partial charge in [0, 0.05) is 46.2 Å². The molecule has 9 nitrogen and oxygen atoms in total. The van der Waals surface area contributed by atoms with Crippen LogP contribution in [0.4, 0.5) is 11.5 Å². The highest BCUT2D eigenvalue weighted by Gasteiger charge is 2.27. The average molecular weight is 518 g/mol. The number of amides is 1. The summed E-state index contributed by atoms with van der Waals surface area (Å²) in [6.45, 7) is 5.48. The second-order valence-corrected chi connectivity index (χ2v) is 11.7. The van der Waals surface area contributed by atoms with Crippen molar-refractivity contribution in [2.75, 3.05) is 64.7 Å². The van der Waals surface area contributed by atoms with Crippen LogP contribution in [0.25, 0.3) is 0 Å². The number of anilines is 2. The van der Waals surface area contributed by atoms with Crippen LogP contribution >= 0.6 is 0 Å². The molecule has 0 unspecified atom stereocenters. The van der Waals surface area contributed by atoms with Gasteiger partial charge in [0.05, 0.1) is 23.9 Å². The number of piperidine rings is 1. The molecule has 1 aliphatic heterocycles. The van der Waals surface area contributed by atoms with Crippen LogP contribution in [0.15, 0.2) is 35.4 Å². The molecule has 198 valence electrons. The minimum absolute atomic E-state index is 0.0558. The van der Waals surface area contributed by atoms with Gasteiger partial charge in [-0.3, -0.25) is 4.79 Å². The molecule has 2 heterocycles. The van der Waals surface area contributed by atoms with Crippen molar-refractivity contribution in [3.05, 3.63) is 41.6 Å². The van der Waals surface area contributed by atoms with E-state index in [-0.39, 0.29) is 23.8 Å². The van der Waals surface area contributed by atoms with Crippen molar-refractivity contribution in [3.63, 3.8) is 0 Å². The lowest BCUT2D eigenvalue weighted by atomic mass is 10.0. The number of methoxy groups -OCH3 is 1. The number of aryl methyl sites for hydroxylation is 2. The summed E-state index contributed by atoms with van der Waals surface area (Å²) in [6, 6.07) is 7.84. The summed E-state index contributed by atoms with van der Waals surface area (Å²) >= 11 is 0. The Kier molecular flexibility index (Phi) is 8.97. The molecule has 0 radical (unpaired) electrons. The van der Waals surface area contributed by atoms with E-state index < -0.39 is 10.0 Å². The number of hydrogen-bond donors (Lipinski definition) is 0. The van der Waals surface area contributed by atoms with Gasteiger partial charge in [-0.05, 0) is 76.2 Å². The molecule has 1 amide bonds. The largest absolute Gasteiger partial charge is 0.497 e. The van der Waals surface area contributed by atoms with E-state index in [1.165, 1.54) is 16.3 Å². The van der Waals surface area contributed by atoms with Crippen LogP contribution in [0, 0.1) is 13.8 Å². The van der Waals surface area contributed by atoms with Crippen LogP contribution in [-0.4, -0.2) is 89.5 Å². The van der Waals surface area contributed by atoms with E-state index in [0.717, 1.165) is 31.7 Å². The summed E-state index contributed by atoms with van der Waals surface area (Å²) in [4.78, 5) is 23.8. The summed E-state index contributed by atoms with van der Waals surface area (Å²) in [5.41, 5.74) is 1.90. The number of aromatic nitrogens is 1. The molecule has 0 spiro atoms. The first-order valence-corrected chi connectivity index (χ1v) is 13.6. The lowest BCUT2D eigenvalue weighted by molar-refractivity contribution is -0.118. The number of benzene rings is 1. The average Bonchev–Trinajstić information content (AvgIpc) is 2.86. The quantitative estimate of drug-likeness (QED) is 0.506. The zero-order valence-electron chi connectivity index (χ0n) is 22.5. The second-order valence-electron chi connectivity index (χ2n) is 9.68. The highest BCUT2D eigenvalue weighted by atomic mass is 32.2. The SMILES string of the molecule is COc1cc(C)c(S(=O)(=O)N(C)CCC(=O)N(C)c2ccc(N3CCC(N(C)C)CC3)nc2)c(C)c1. The summed E-state index contributed by atoms with van der Waals surface area (Å²) in [7, 11) is 5.23. The number of carbonyl (C=O) groups is 1. The molecular weight excluding hydrogens is 478 g/mol. The molecule has 0 atom stereocenters. The van der Waals surface area contributed by atoms with Gasteiger partial charge in [-0.15, -0.1) is 0 Å². The monoisotopic (exact) mass is 517 g/mol. The maximum absolute atomic E-state index is 13.2. The zero-order chi connectivity index (χ0) is 26.6. The lowest BCUT2D eigenvalue weighted by Gasteiger charge is -2.35. The Morgan fingerprint density at radius 2 is 1.69 bits per heavy atom. The van der Waals surface area contributed by atoms with Crippen molar-refractivity contribution >= 4 is 27.4 Å². The van der Waals surface area contributed by atoms with E-state index in [0.29, 0.717) is 28.6 Å². The summed E-state index contributed by atoms with van der Waals surface area (Å²) in [5, 5.41) is 0. The first kappa shape index (κ1) is 27.9. The van der Waals surface area contributed by atoms with Gasteiger partial charge in [0.2, 0.25) is 15.9 Å². The van der Waals surface area contributed by atoms with Crippen molar-refractivity contribution < 1.29 is 17.9 Å². The predicted octanol–water partition coefficient (Wildman–Crippen LogP) is 2.91. The van der Waals surface area contributed by atoms with Gasteiger partial charge in [0.15, 0.2) is 0 Å². The van der Waals surface area contributed by atoms with Gasteiger partial charge in [0.1, 0.15) is 11.6 Å². The third-order valence-electron chi connectivity index (χ3n) is 6.99. The van der Waals surface area contributed by atoms with E-state index in [1.54, 1.807) is 46.3 Å². The number of sulfonamides is 1. The molecule has 0 bridgehead atoms. The molecule has 0 saturated carbocycles. The fraction of sp³-hybridized carbons (Fsp3) is 0.538. The first-order valence-electron chi connectivity index (χ1n) is 12.2. The highest BCUT2D eigenvalue weighted by molar-refractivity contribution is 7.89. The number of hydrogen-bond acceptors (Lipinski definition) is 7. The molecule has 10 heteroatoms. The van der Waals surface area contributed by atoms with E-state index >= 15 is 0 Å². The molecular formula is C26H39N5O4S. The normalized spacial score (nSPS) is 15.0. The lowest BCUT2D eigenvalue weighted by Crippen LogP contribution is -2.42. The van der Waals surface area contributed by atoms with Gasteiger partial charge < -0.3 is 19.4 Å². The smallest absolute Gasteiger partial charge is 0.243 e. The van der Waals surface area contributed by atoms with Crippen molar-refractivity contribution in [1.29, 1.82) is 0 Å². The van der Waals surface area contributed by atoms with E-state index in [2.05, 4.69) is 28.9 Å². The molecule has 36 heavy (non-hydrogen) atoms. The third-order valence-corrected chi connectivity index (χ3v) is 9.15. The highest BCUT2D eigenvalue weighted by Crippen LogP contribution is 2.28. The van der Waals surface area contributed by atoms with E-state index in [4.69, 9.17) is 4.74 Å². The Morgan fingerprint density at radius 1 is 1.08 bits per heavy atom. The Labute approximate surface area is 215 Å². The summed E-state index contributed by atoms with van der Waals surface area (Å²) in [6.07, 6.45) is 3.96. The molecule has 1 aromatic heterocycles. The topological polar surface area (TPSA) is 86.3 Å². The molecule has 1 aromatic carbocycles. The van der Waals surface area contributed by atoms with Gasteiger partial charge in [0.25, 0.3) is 0 Å². The maximum Gasteiger partial charge on any atom is 0.243 e. The molecule has 3 rings (SSSR count). The Bertz CT molecular complexity index is 1140. The minimum atomic E-state index is -3.75. The fourth-order valence-electron chi connectivity index (χ4n) is 4.65. The Hall–Kier alpha value is -2.69. The van der Waals surface area contributed by atoms with Crippen LogP contribution in [-0.2, 0) is 14.8 Å². The van der Waals surface area contributed by atoms with Crippen molar-refractivity contribution in [3.8, 4) is 5.75 Å². The van der Waals surface area contributed by atoms with Crippen LogP contribution in [0.5, 0.6) is 5.75 Å².